The second-order valence-corrected chi connectivity index (χ2v) is 7.69. The van der Waals surface area contributed by atoms with E-state index in [-0.39, 0.29) is 18.0 Å². The number of carbonyl (C=O) groups is 1. The number of nitrogens with zero attached hydrogens (tertiary/aromatic N) is 4. The highest BCUT2D eigenvalue weighted by atomic mass is 16.5. The number of aliphatic hydroxyl groups is 1. The highest BCUT2D eigenvalue weighted by molar-refractivity contribution is 5.97. The van der Waals surface area contributed by atoms with Crippen LogP contribution in [0, 0.1) is 0 Å². The first-order valence-corrected chi connectivity index (χ1v) is 9.66. The zero-order valence-corrected chi connectivity index (χ0v) is 15.9. The molecule has 2 aromatic heterocycles. The van der Waals surface area contributed by atoms with Crippen molar-refractivity contribution in [3.8, 4) is 0 Å². The first-order chi connectivity index (χ1) is 13.0. The van der Waals surface area contributed by atoms with Crippen LogP contribution < -0.4 is 5.32 Å². The van der Waals surface area contributed by atoms with Crippen molar-refractivity contribution in [2.75, 3.05) is 32.6 Å². The van der Waals surface area contributed by atoms with Crippen molar-refractivity contribution < 1.29 is 14.6 Å². The molecule has 0 spiro atoms. The maximum absolute atomic E-state index is 12.7. The van der Waals surface area contributed by atoms with E-state index in [0.717, 1.165) is 23.9 Å². The Labute approximate surface area is 158 Å². The van der Waals surface area contributed by atoms with Crippen molar-refractivity contribution in [1.29, 1.82) is 0 Å². The van der Waals surface area contributed by atoms with Crippen molar-refractivity contribution in [3.05, 3.63) is 18.0 Å². The molecule has 8 heteroatoms. The van der Waals surface area contributed by atoms with Gasteiger partial charge in [-0.25, -0.2) is 4.98 Å². The third-order valence-electron chi connectivity index (χ3n) is 5.53. The average molecular weight is 373 g/mol. The lowest BCUT2D eigenvalue weighted by Crippen LogP contribution is -2.42. The van der Waals surface area contributed by atoms with Gasteiger partial charge in [0, 0.05) is 38.3 Å². The lowest BCUT2D eigenvalue weighted by molar-refractivity contribution is -0.0136. The molecule has 1 saturated carbocycles. The van der Waals surface area contributed by atoms with Crippen molar-refractivity contribution in [1.82, 2.24) is 19.4 Å². The maximum Gasteiger partial charge on any atom is 0.270 e. The third-order valence-corrected chi connectivity index (χ3v) is 5.53. The predicted octanol–water partition coefficient (Wildman–Crippen LogP) is 1.81. The molecule has 3 heterocycles. The Hall–Kier alpha value is -2.19. The molecule has 8 nitrogen and oxygen atoms in total. The van der Waals surface area contributed by atoms with E-state index in [1.807, 2.05) is 6.07 Å². The van der Waals surface area contributed by atoms with Gasteiger partial charge < -0.3 is 24.6 Å². The van der Waals surface area contributed by atoms with Crippen LogP contribution in [0.15, 0.2) is 12.3 Å². The molecule has 146 valence electrons. The van der Waals surface area contributed by atoms with E-state index in [4.69, 9.17) is 9.72 Å². The summed E-state index contributed by atoms with van der Waals surface area (Å²) in [5.74, 6) is 0.462. The number of amides is 1. The van der Waals surface area contributed by atoms with Gasteiger partial charge in [0.25, 0.3) is 5.91 Å². The molecule has 0 unspecified atom stereocenters. The van der Waals surface area contributed by atoms with Gasteiger partial charge in [-0.15, -0.1) is 0 Å². The summed E-state index contributed by atoms with van der Waals surface area (Å²) >= 11 is 0. The molecule has 2 atom stereocenters. The van der Waals surface area contributed by atoms with E-state index in [9.17, 15) is 9.90 Å². The van der Waals surface area contributed by atoms with Crippen LogP contribution in [0.2, 0.25) is 0 Å². The quantitative estimate of drug-likeness (QED) is 0.849. The van der Waals surface area contributed by atoms with Gasteiger partial charge in [-0.3, -0.25) is 4.79 Å². The Kier molecular flexibility index (Phi) is 5.01. The molecule has 0 bridgehead atoms. The first-order valence-electron chi connectivity index (χ1n) is 9.66. The summed E-state index contributed by atoms with van der Waals surface area (Å²) in [4.78, 5) is 23.5. The number of nitrogens with one attached hydrogen (secondary N) is 1. The smallest absolute Gasteiger partial charge is 0.270 e. The van der Waals surface area contributed by atoms with Crippen LogP contribution in [0.25, 0.3) is 11.0 Å². The van der Waals surface area contributed by atoms with Gasteiger partial charge in [-0.2, -0.15) is 4.98 Å². The summed E-state index contributed by atoms with van der Waals surface area (Å²) < 4.78 is 7.38. The fourth-order valence-electron chi connectivity index (χ4n) is 4.06. The summed E-state index contributed by atoms with van der Waals surface area (Å²) in [5, 5.41) is 14.2. The molecular weight excluding hydrogens is 346 g/mol. The highest BCUT2D eigenvalue weighted by Gasteiger charge is 2.28. The minimum atomic E-state index is -0.578. The fourth-order valence-corrected chi connectivity index (χ4v) is 4.06. The van der Waals surface area contributed by atoms with Crippen LogP contribution >= 0.6 is 0 Å². The normalized spacial score (nSPS) is 23.7. The van der Waals surface area contributed by atoms with E-state index in [2.05, 4.69) is 14.9 Å². The second kappa shape index (κ2) is 7.44. The molecule has 2 fully saturated rings. The van der Waals surface area contributed by atoms with Gasteiger partial charge in [0.05, 0.1) is 18.8 Å². The second-order valence-electron chi connectivity index (χ2n) is 7.69. The molecule has 4 rings (SSSR count). The van der Waals surface area contributed by atoms with Crippen molar-refractivity contribution in [2.24, 2.45) is 0 Å². The predicted molar refractivity (Wildman–Crippen MR) is 102 cm³/mol. The van der Waals surface area contributed by atoms with Gasteiger partial charge in [-0.05, 0) is 25.3 Å². The molecule has 1 amide bonds. The van der Waals surface area contributed by atoms with Crippen LogP contribution in [-0.2, 0) is 4.74 Å². The van der Waals surface area contributed by atoms with Crippen LogP contribution in [0.4, 0.5) is 5.95 Å². The molecular formula is C19H27N5O3. The van der Waals surface area contributed by atoms with E-state index in [0.29, 0.717) is 31.3 Å². The van der Waals surface area contributed by atoms with Crippen molar-refractivity contribution in [2.45, 2.75) is 50.3 Å². The maximum atomic E-state index is 12.7. The summed E-state index contributed by atoms with van der Waals surface area (Å²) in [6.07, 6.45) is 6.34. The number of rotatable bonds is 4. The van der Waals surface area contributed by atoms with E-state index >= 15 is 0 Å². The Bertz CT molecular complexity index is 828. The molecule has 2 aliphatic rings. The van der Waals surface area contributed by atoms with Gasteiger partial charge in [0.1, 0.15) is 11.3 Å². The minimum absolute atomic E-state index is 0.0192. The zero-order chi connectivity index (χ0) is 19.0. The molecule has 2 N–H and O–H groups in total. The van der Waals surface area contributed by atoms with Crippen LogP contribution in [-0.4, -0.2) is 69.9 Å². The Balaban J connectivity index is 1.72. The molecule has 1 saturated heterocycles. The SMILES string of the molecule is CN(C)C(=O)c1cc2cnc(N[C@@H]3CCOC[C@H]3O)nc2n1C1CCCC1. The number of carbonyl (C=O) groups excluding carboxylic acids is 1. The number of fused-ring (bicyclic) bond motifs is 1. The lowest BCUT2D eigenvalue weighted by Gasteiger charge is -2.28. The minimum Gasteiger partial charge on any atom is -0.389 e. The molecule has 27 heavy (non-hydrogen) atoms. The molecule has 0 aromatic carbocycles. The number of aliphatic hydroxyl groups excluding tert-OH is 1. The Morgan fingerprint density at radius 1 is 1.33 bits per heavy atom. The Morgan fingerprint density at radius 2 is 2.11 bits per heavy atom. The van der Waals surface area contributed by atoms with Gasteiger partial charge >= 0.3 is 0 Å². The standard InChI is InChI=1S/C19H27N5O3/c1-23(2)18(26)15-9-12-10-20-19(21-14-7-8-27-11-16(14)25)22-17(12)24(15)13-5-3-4-6-13/h9-10,13-14,16,25H,3-8,11H2,1-2H3,(H,20,21,22)/t14-,16-/m1/s1. The molecule has 1 aliphatic heterocycles. The molecule has 2 aromatic rings. The summed E-state index contributed by atoms with van der Waals surface area (Å²) in [7, 11) is 3.54. The summed E-state index contributed by atoms with van der Waals surface area (Å²) in [6, 6.07) is 2.05. The first kappa shape index (κ1) is 18.2. The number of hydrogen-bond donors (Lipinski definition) is 2. The van der Waals surface area contributed by atoms with Crippen LogP contribution in [0.5, 0.6) is 0 Å². The largest absolute Gasteiger partial charge is 0.389 e. The van der Waals surface area contributed by atoms with Crippen molar-refractivity contribution >= 4 is 22.9 Å². The summed E-state index contributed by atoms with van der Waals surface area (Å²) in [6.45, 7) is 0.927. The topological polar surface area (TPSA) is 92.5 Å². The highest BCUT2D eigenvalue weighted by Crippen LogP contribution is 2.34. The van der Waals surface area contributed by atoms with Gasteiger partial charge in [-0.1, -0.05) is 12.8 Å². The summed E-state index contributed by atoms with van der Waals surface area (Å²) in [5.41, 5.74) is 1.45. The fraction of sp³-hybridized carbons (Fsp3) is 0.632. The van der Waals surface area contributed by atoms with Crippen LogP contribution in [0.1, 0.15) is 48.6 Å². The van der Waals surface area contributed by atoms with E-state index in [1.165, 1.54) is 12.8 Å². The molecule has 1 aliphatic carbocycles. The number of aromatic nitrogens is 3. The monoisotopic (exact) mass is 373 g/mol. The van der Waals surface area contributed by atoms with Crippen LogP contribution in [0.3, 0.4) is 0 Å². The van der Waals surface area contributed by atoms with E-state index in [1.54, 1.807) is 25.2 Å². The van der Waals surface area contributed by atoms with E-state index < -0.39 is 6.10 Å². The lowest BCUT2D eigenvalue weighted by atomic mass is 10.1. The Morgan fingerprint density at radius 3 is 2.81 bits per heavy atom. The number of hydrogen-bond acceptors (Lipinski definition) is 6. The average Bonchev–Trinajstić information content (AvgIpc) is 3.29. The number of anilines is 1. The molecule has 0 radical (unpaired) electrons. The van der Waals surface area contributed by atoms with Crippen molar-refractivity contribution in [3.63, 3.8) is 0 Å². The zero-order valence-electron chi connectivity index (χ0n) is 15.9. The van der Waals surface area contributed by atoms with Gasteiger partial charge in [0.15, 0.2) is 0 Å². The third kappa shape index (κ3) is 3.51. The number of ether oxygens (including phenoxy) is 1. The van der Waals surface area contributed by atoms with Gasteiger partial charge in [0.2, 0.25) is 5.95 Å².